The van der Waals surface area contributed by atoms with Gasteiger partial charge in [0.25, 0.3) is 0 Å². The number of nitriles is 1. The maximum atomic E-state index is 12.6. The van der Waals surface area contributed by atoms with Crippen molar-refractivity contribution in [3.05, 3.63) is 87.8 Å². The van der Waals surface area contributed by atoms with Crippen molar-refractivity contribution in [1.82, 2.24) is 0 Å². The van der Waals surface area contributed by atoms with Crippen LogP contribution in [0.4, 0.5) is 0 Å². The first kappa shape index (κ1) is 18.6. The van der Waals surface area contributed by atoms with Crippen LogP contribution in [0.15, 0.2) is 71.6 Å². The Morgan fingerprint density at radius 1 is 1.22 bits per heavy atom. The van der Waals surface area contributed by atoms with Crippen molar-refractivity contribution in [3.63, 3.8) is 0 Å². The van der Waals surface area contributed by atoms with Crippen LogP contribution in [0.5, 0.6) is 0 Å². The molecule has 27 heavy (non-hydrogen) atoms. The Morgan fingerprint density at radius 2 is 1.89 bits per heavy atom. The highest BCUT2D eigenvalue weighted by Gasteiger charge is 2.38. The standard InChI is InChI=1S/C21H17ClN2O3/c1-2-26-21(25)18-17(14-10-6-7-11-16(14)22)15(12-23)19(27-20(18)24)13-8-4-3-5-9-13/h3-11,17H,2,24H2,1H3/t17-/m0/s1. The molecule has 6 heteroatoms. The molecule has 0 aliphatic carbocycles. The van der Waals surface area contributed by atoms with Gasteiger partial charge in [-0.15, -0.1) is 0 Å². The van der Waals surface area contributed by atoms with Crippen LogP contribution in [-0.2, 0) is 14.3 Å². The fourth-order valence-electron chi connectivity index (χ4n) is 3.00. The first-order chi connectivity index (χ1) is 13.1. The second-order valence-electron chi connectivity index (χ2n) is 5.78. The number of esters is 1. The minimum Gasteiger partial charge on any atom is -0.462 e. The summed E-state index contributed by atoms with van der Waals surface area (Å²) in [6, 6.07) is 18.3. The molecule has 2 aromatic rings. The minimum atomic E-state index is -0.785. The van der Waals surface area contributed by atoms with Crippen LogP contribution in [0.25, 0.3) is 5.76 Å². The summed E-state index contributed by atoms with van der Waals surface area (Å²) in [6.45, 7) is 1.86. The van der Waals surface area contributed by atoms with Crippen LogP contribution in [0, 0.1) is 11.3 Å². The van der Waals surface area contributed by atoms with E-state index in [2.05, 4.69) is 6.07 Å². The molecule has 0 bridgehead atoms. The predicted molar refractivity (Wildman–Crippen MR) is 102 cm³/mol. The van der Waals surface area contributed by atoms with Crippen molar-refractivity contribution in [2.45, 2.75) is 12.8 Å². The number of hydrogen-bond donors (Lipinski definition) is 1. The van der Waals surface area contributed by atoms with E-state index in [-0.39, 0.29) is 23.6 Å². The molecular weight excluding hydrogens is 364 g/mol. The highest BCUT2D eigenvalue weighted by molar-refractivity contribution is 6.31. The number of rotatable bonds is 4. The van der Waals surface area contributed by atoms with Gasteiger partial charge in [-0.25, -0.2) is 4.79 Å². The summed E-state index contributed by atoms with van der Waals surface area (Å²) >= 11 is 6.38. The van der Waals surface area contributed by atoms with Crippen LogP contribution < -0.4 is 5.73 Å². The second kappa shape index (κ2) is 7.98. The molecule has 1 aliphatic rings. The Labute approximate surface area is 162 Å². The number of allylic oxidation sites excluding steroid dienone is 1. The van der Waals surface area contributed by atoms with E-state index >= 15 is 0 Å². The molecule has 1 atom stereocenters. The van der Waals surface area contributed by atoms with Crippen molar-refractivity contribution >= 4 is 23.3 Å². The first-order valence-corrected chi connectivity index (χ1v) is 8.75. The highest BCUT2D eigenvalue weighted by atomic mass is 35.5. The lowest BCUT2D eigenvalue weighted by Gasteiger charge is -2.28. The lowest BCUT2D eigenvalue weighted by atomic mass is 9.82. The number of carbonyl (C=O) groups excluding carboxylic acids is 1. The Kier molecular flexibility index (Phi) is 5.49. The van der Waals surface area contributed by atoms with E-state index in [1.165, 1.54) is 0 Å². The van der Waals surface area contributed by atoms with E-state index < -0.39 is 11.9 Å². The van der Waals surface area contributed by atoms with Gasteiger partial charge in [-0.05, 0) is 18.6 Å². The zero-order valence-electron chi connectivity index (χ0n) is 14.6. The molecule has 136 valence electrons. The number of benzene rings is 2. The van der Waals surface area contributed by atoms with E-state index in [0.29, 0.717) is 21.9 Å². The minimum absolute atomic E-state index is 0.0705. The monoisotopic (exact) mass is 380 g/mol. The molecule has 0 unspecified atom stereocenters. The van der Waals surface area contributed by atoms with Crippen molar-refractivity contribution in [1.29, 1.82) is 5.26 Å². The third-order valence-corrected chi connectivity index (χ3v) is 4.51. The summed E-state index contributed by atoms with van der Waals surface area (Å²) in [6.07, 6.45) is 0. The van der Waals surface area contributed by atoms with Crippen LogP contribution in [0.1, 0.15) is 24.0 Å². The van der Waals surface area contributed by atoms with Crippen LogP contribution in [0.3, 0.4) is 0 Å². The molecule has 1 aliphatic heterocycles. The average molecular weight is 381 g/mol. The van der Waals surface area contributed by atoms with Crippen molar-refractivity contribution in [2.24, 2.45) is 5.73 Å². The lowest BCUT2D eigenvalue weighted by Crippen LogP contribution is -2.26. The van der Waals surface area contributed by atoms with Gasteiger partial charge in [-0.3, -0.25) is 0 Å². The van der Waals surface area contributed by atoms with Crippen molar-refractivity contribution in [2.75, 3.05) is 6.61 Å². The van der Waals surface area contributed by atoms with Gasteiger partial charge >= 0.3 is 5.97 Å². The molecule has 0 saturated carbocycles. The summed E-state index contributed by atoms with van der Waals surface area (Å²) in [4.78, 5) is 12.6. The Balaban J connectivity index is 2.26. The third kappa shape index (κ3) is 3.53. The number of hydrogen-bond acceptors (Lipinski definition) is 5. The van der Waals surface area contributed by atoms with Gasteiger partial charge in [0, 0.05) is 10.6 Å². The summed E-state index contributed by atoms with van der Waals surface area (Å²) < 4.78 is 10.9. The van der Waals surface area contributed by atoms with Gasteiger partial charge in [-0.1, -0.05) is 60.1 Å². The topological polar surface area (TPSA) is 85.3 Å². The normalized spacial score (nSPS) is 16.6. The third-order valence-electron chi connectivity index (χ3n) is 4.17. The number of carbonyl (C=O) groups is 1. The molecular formula is C21H17ClN2O3. The smallest absolute Gasteiger partial charge is 0.340 e. The fraction of sp³-hybridized carbons (Fsp3) is 0.143. The largest absolute Gasteiger partial charge is 0.462 e. The molecule has 2 N–H and O–H groups in total. The zero-order valence-corrected chi connectivity index (χ0v) is 15.4. The SMILES string of the molecule is CCOC(=O)C1=C(N)OC(c2ccccc2)=C(C#N)[C@@H]1c1ccccc1Cl. The Bertz CT molecular complexity index is 974. The van der Waals surface area contributed by atoms with E-state index in [1.54, 1.807) is 43.3 Å². The van der Waals surface area contributed by atoms with E-state index in [9.17, 15) is 10.1 Å². The summed E-state index contributed by atoms with van der Waals surface area (Å²) in [5.74, 6) is -1.23. The fourth-order valence-corrected chi connectivity index (χ4v) is 3.25. The van der Waals surface area contributed by atoms with Crippen LogP contribution in [-0.4, -0.2) is 12.6 Å². The quantitative estimate of drug-likeness (QED) is 0.806. The van der Waals surface area contributed by atoms with Crippen molar-refractivity contribution < 1.29 is 14.3 Å². The molecule has 2 aromatic carbocycles. The summed E-state index contributed by atoms with van der Waals surface area (Å²) in [5.41, 5.74) is 7.67. The lowest BCUT2D eigenvalue weighted by molar-refractivity contribution is -0.139. The average Bonchev–Trinajstić information content (AvgIpc) is 2.68. The number of ether oxygens (including phenoxy) is 2. The second-order valence-corrected chi connectivity index (χ2v) is 6.18. The molecule has 1 heterocycles. The van der Waals surface area contributed by atoms with Gasteiger partial charge in [-0.2, -0.15) is 5.26 Å². The number of nitrogens with two attached hydrogens (primary N) is 1. The predicted octanol–water partition coefficient (Wildman–Crippen LogP) is 4.12. The molecule has 5 nitrogen and oxygen atoms in total. The molecule has 3 rings (SSSR count). The van der Waals surface area contributed by atoms with E-state index in [1.807, 2.05) is 18.2 Å². The molecule has 0 amide bonds. The van der Waals surface area contributed by atoms with E-state index in [4.69, 9.17) is 26.8 Å². The van der Waals surface area contributed by atoms with Crippen LogP contribution in [0.2, 0.25) is 5.02 Å². The molecule has 0 fully saturated rings. The Hall–Kier alpha value is -3.23. The number of halogens is 1. The van der Waals surface area contributed by atoms with Gasteiger partial charge in [0.15, 0.2) is 5.76 Å². The van der Waals surface area contributed by atoms with Gasteiger partial charge < -0.3 is 15.2 Å². The Morgan fingerprint density at radius 3 is 2.52 bits per heavy atom. The summed E-state index contributed by atoms with van der Waals surface area (Å²) in [5, 5.41) is 10.3. The van der Waals surface area contributed by atoms with Gasteiger partial charge in [0.2, 0.25) is 5.88 Å². The zero-order chi connectivity index (χ0) is 19.4. The maximum Gasteiger partial charge on any atom is 0.340 e. The van der Waals surface area contributed by atoms with Crippen molar-refractivity contribution in [3.8, 4) is 6.07 Å². The molecule has 0 saturated heterocycles. The maximum absolute atomic E-state index is 12.6. The molecule has 0 aromatic heterocycles. The van der Waals surface area contributed by atoms with Gasteiger partial charge in [0.05, 0.1) is 24.2 Å². The molecule has 0 radical (unpaired) electrons. The summed E-state index contributed by atoms with van der Waals surface area (Å²) in [7, 11) is 0. The number of nitrogens with zero attached hydrogens (tertiary/aromatic N) is 1. The van der Waals surface area contributed by atoms with Crippen LogP contribution >= 0.6 is 11.6 Å². The van der Waals surface area contributed by atoms with E-state index in [0.717, 1.165) is 0 Å². The van der Waals surface area contributed by atoms with Gasteiger partial charge in [0.1, 0.15) is 5.57 Å². The highest BCUT2D eigenvalue weighted by Crippen LogP contribution is 2.44. The first-order valence-electron chi connectivity index (χ1n) is 8.37. The molecule has 0 spiro atoms.